The molecule has 1 aromatic rings. The summed E-state index contributed by atoms with van der Waals surface area (Å²) < 4.78 is 0. The lowest BCUT2D eigenvalue weighted by atomic mass is 10.0. The molecule has 1 aliphatic rings. The Labute approximate surface area is 123 Å². The molecule has 1 aromatic carbocycles. The minimum Gasteiger partial charge on any atom is -0.507 e. The van der Waals surface area contributed by atoms with Gasteiger partial charge in [-0.1, -0.05) is 25.7 Å². The number of carbonyl (C=O) groups excluding carboxylic acids is 1. The second-order valence-corrected chi connectivity index (χ2v) is 5.36. The number of aromatic hydroxyl groups is 1. The largest absolute Gasteiger partial charge is 0.507 e. The maximum Gasteiger partial charge on any atom is 0.339 e. The van der Waals surface area contributed by atoms with Crippen LogP contribution in [0.1, 0.15) is 42.5 Å². The van der Waals surface area contributed by atoms with Crippen LogP contribution < -0.4 is 10.6 Å². The van der Waals surface area contributed by atoms with Crippen LogP contribution in [0, 0.1) is 5.92 Å². The predicted octanol–water partition coefficient (Wildman–Crippen LogP) is 2.79. The number of carboxylic acid groups (broad SMARTS) is 1. The molecule has 4 N–H and O–H groups in total. The molecule has 0 saturated heterocycles. The Morgan fingerprint density at radius 2 is 1.95 bits per heavy atom. The molecule has 1 aliphatic carbocycles. The van der Waals surface area contributed by atoms with Gasteiger partial charge in [-0.05, 0) is 30.5 Å². The van der Waals surface area contributed by atoms with Crippen molar-refractivity contribution in [3.05, 3.63) is 23.8 Å². The molecule has 114 valence electrons. The van der Waals surface area contributed by atoms with Crippen LogP contribution >= 0.6 is 0 Å². The molecular formula is C15H20N2O4. The minimum atomic E-state index is -1.24. The maximum atomic E-state index is 11.7. The first kappa shape index (κ1) is 15.2. The van der Waals surface area contributed by atoms with Gasteiger partial charge in [0, 0.05) is 12.2 Å². The summed E-state index contributed by atoms with van der Waals surface area (Å²) in [4.78, 5) is 22.6. The van der Waals surface area contributed by atoms with Gasteiger partial charge in [0.1, 0.15) is 11.3 Å². The topological polar surface area (TPSA) is 98.7 Å². The number of phenols is 1. The lowest BCUT2D eigenvalue weighted by Gasteiger charge is -2.11. The first-order chi connectivity index (χ1) is 10.1. The van der Waals surface area contributed by atoms with E-state index in [4.69, 9.17) is 5.11 Å². The van der Waals surface area contributed by atoms with Crippen molar-refractivity contribution in [2.24, 2.45) is 5.92 Å². The number of amides is 2. The van der Waals surface area contributed by atoms with E-state index in [1.807, 2.05) is 0 Å². The number of aromatic carboxylic acids is 1. The van der Waals surface area contributed by atoms with Crippen LogP contribution in [-0.2, 0) is 0 Å². The highest BCUT2D eigenvalue weighted by Gasteiger charge is 2.15. The highest BCUT2D eigenvalue weighted by Crippen LogP contribution is 2.27. The number of rotatable bonds is 5. The van der Waals surface area contributed by atoms with Crippen LogP contribution in [0.2, 0.25) is 0 Å². The van der Waals surface area contributed by atoms with E-state index in [-0.39, 0.29) is 17.3 Å². The van der Waals surface area contributed by atoms with Gasteiger partial charge in [-0.25, -0.2) is 9.59 Å². The zero-order valence-corrected chi connectivity index (χ0v) is 11.8. The first-order valence-corrected chi connectivity index (χ1v) is 7.17. The van der Waals surface area contributed by atoms with Crippen molar-refractivity contribution in [2.75, 3.05) is 11.9 Å². The molecule has 1 fully saturated rings. The lowest BCUT2D eigenvalue weighted by Crippen LogP contribution is -2.30. The maximum absolute atomic E-state index is 11.7. The van der Waals surface area contributed by atoms with E-state index in [2.05, 4.69) is 10.6 Å². The highest BCUT2D eigenvalue weighted by molar-refractivity contribution is 5.95. The van der Waals surface area contributed by atoms with Gasteiger partial charge in [0.15, 0.2) is 0 Å². The fourth-order valence-corrected chi connectivity index (χ4v) is 2.65. The molecule has 0 unspecified atom stereocenters. The van der Waals surface area contributed by atoms with Crippen LogP contribution in [0.15, 0.2) is 18.2 Å². The van der Waals surface area contributed by atoms with Crippen molar-refractivity contribution in [2.45, 2.75) is 32.1 Å². The summed E-state index contributed by atoms with van der Waals surface area (Å²) in [6.07, 6.45) is 6.01. The van der Waals surface area contributed by atoms with Gasteiger partial charge in [-0.15, -0.1) is 0 Å². The smallest absolute Gasteiger partial charge is 0.339 e. The van der Waals surface area contributed by atoms with Crippen molar-refractivity contribution < 1.29 is 19.8 Å². The monoisotopic (exact) mass is 292 g/mol. The summed E-state index contributed by atoms with van der Waals surface area (Å²) in [6.45, 7) is 0.611. The quantitative estimate of drug-likeness (QED) is 0.627. The number of anilines is 1. The van der Waals surface area contributed by atoms with Gasteiger partial charge in [-0.3, -0.25) is 0 Å². The van der Waals surface area contributed by atoms with Crippen LogP contribution in [-0.4, -0.2) is 28.8 Å². The van der Waals surface area contributed by atoms with Crippen molar-refractivity contribution in [1.29, 1.82) is 0 Å². The molecule has 0 radical (unpaired) electrons. The van der Waals surface area contributed by atoms with Gasteiger partial charge in [-0.2, -0.15) is 0 Å². The van der Waals surface area contributed by atoms with E-state index in [0.717, 1.165) is 6.42 Å². The van der Waals surface area contributed by atoms with Crippen molar-refractivity contribution in [3.63, 3.8) is 0 Å². The molecule has 0 atom stereocenters. The van der Waals surface area contributed by atoms with Gasteiger partial charge in [0.2, 0.25) is 0 Å². The molecule has 6 nitrogen and oxygen atoms in total. The third-order valence-corrected chi connectivity index (χ3v) is 3.80. The summed E-state index contributed by atoms with van der Waals surface area (Å²) in [5.41, 5.74) is 0.0994. The van der Waals surface area contributed by atoms with Crippen LogP contribution in [0.3, 0.4) is 0 Å². The Bertz CT molecular complexity index is 524. The average Bonchev–Trinajstić information content (AvgIpc) is 2.94. The van der Waals surface area contributed by atoms with Gasteiger partial charge in [0.05, 0.1) is 0 Å². The third kappa shape index (κ3) is 4.37. The number of hydrogen-bond acceptors (Lipinski definition) is 3. The van der Waals surface area contributed by atoms with E-state index in [1.165, 1.54) is 43.9 Å². The third-order valence-electron chi connectivity index (χ3n) is 3.80. The molecule has 6 heteroatoms. The van der Waals surface area contributed by atoms with E-state index in [1.54, 1.807) is 0 Å². The number of benzene rings is 1. The Morgan fingerprint density at radius 1 is 1.24 bits per heavy atom. The van der Waals surface area contributed by atoms with E-state index in [0.29, 0.717) is 18.2 Å². The van der Waals surface area contributed by atoms with Gasteiger partial charge < -0.3 is 20.8 Å². The minimum absolute atomic E-state index is 0.237. The van der Waals surface area contributed by atoms with Gasteiger partial charge in [0.25, 0.3) is 0 Å². The Morgan fingerprint density at radius 3 is 2.62 bits per heavy atom. The Kier molecular flexibility index (Phi) is 5.03. The molecule has 0 heterocycles. The Hall–Kier alpha value is -2.24. The zero-order chi connectivity index (χ0) is 15.2. The molecule has 2 amide bonds. The van der Waals surface area contributed by atoms with E-state index < -0.39 is 5.97 Å². The fourth-order valence-electron chi connectivity index (χ4n) is 2.65. The molecule has 0 bridgehead atoms. The number of nitrogens with one attached hydrogen (secondary N) is 2. The summed E-state index contributed by atoms with van der Waals surface area (Å²) in [7, 11) is 0. The van der Waals surface area contributed by atoms with Crippen molar-refractivity contribution >= 4 is 17.7 Å². The molecule has 2 rings (SSSR count). The van der Waals surface area contributed by atoms with E-state index >= 15 is 0 Å². The van der Waals surface area contributed by atoms with Crippen molar-refractivity contribution in [3.8, 4) is 5.75 Å². The standard InChI is InChI=1S/C15H20N2O4/c18-13-6-5-11(9-12(13)14(19)20)17-15(21)16-8-7-10-3-1-2-4-10/h5-6,9-10,18H,1-4,7-8H2,(H,19,20)(H2,16,17,21). The number of urea groups is 1. The molecule has 0 spiro atoms. The average molecular weight is 292 g/mol. The number of hydrogen-bond donors (Lipinski definition) is 4. The fraction of sp³-hybridized carbons (Fsp3) is 0.467. The summed E-state index contributed by atoms with van der Waals surface area (Å²) in [5, 5.41) is 23.6. The lowest BCUT2D eigenvalue weighted by molar-refractivity contribution is 0.0693. The first-order valence-electron chi connectivity index (χ1n) is 7.17. The molecule has 0 aromatic heterocycles. The van der Waals surface area contributed by atoms with Crippen LogP contribution in [0.25, 0.3) is 0 Å². The molecule has 0 aliphatic heterocycles. The normalized spacial score (nSPS) is 14.9. The zero-order valence-electron chi connectivity index (χ0n) is 11.8. The second kappa shape index (κ2) is 6.97. The molecule has 1 saturated carbocycles. The SMILES string of the molecule is O=C(NCCC1CCCC1)Nc1ccc(O)c(C(=O)O)c1. The summed E-state index contributed by atoms with van der Waals surface area (Å²) in [5.74, 6) is -0.856. The number of carboxylic acids is 1. The highest BCUT2D eigenvalue weighted by atomic mass is 16.4. The van der Waals surface area contributed by atoms with Crippen LogP contribution in [0.4, 0.5) is 10.5 Å². The Balaban J connectivity index is 1.81. The predicted molar refractivity (Wildman–Crippen MR) is 78.7 cm³/mol. The van der Waals surface area contributed by atoms with Crippen molar-refractivity contribution in [1.82, 2.24) is 5.32 Å². The van der Waals surface area contributed by atoms with Gasteiger partial charge >= 0.3 is 12.0 Å². The van der Waals surface area contributed by atoms with Crippen LogP contribution in [0.5, 0.6) is 5.75 Å². The second-order valence-electron chi connectivity index (χ2n) is 5.36. The van der Waals surface area contributed by atoms with E-state index in [9.17, 15) is 14.7 Å². The number of carbonyl (C=O) groups is 2. The summed E-state index contributed by atoms with van der Waals surface area (Å²) >= 11 is 0. The molecular weight excluding hydrogens is 272 g/mol. The molecule has 21 heavy (non-hydrogen) atoms. The summed E-state index contributed by atoms with van der Waals surface area (Å²) in [6, 6.07) is 3.57.